The molecule has 0 aliphatic heterocycles. The van der Waals surface area contributed by atoms with E-state index in [-0.39, 0.29) is 18.6 Å². The Morgan fingerprint density at radius 2 is 1.70 bits per heavy atom. The van der Waals surface area contributed by atoms with E-state index in [1.165, 1.54) is 16.7 Å². The molecule has 122 valence electrons. The molecule has 0 bridgehead atoms. The molecule has 2 aromatic carbocycles. The number of aryl methyl sites for hydroxylation is 3. The molecule has 0 saturated heterocycles. The van der Waals surface area contributed by atoms with Crippen molar-refractivity contribution >= 4 is 21.8 Å². The van der Waals surface area contributed by atoms with Gasteiger partial charge in [0.15, 0.2) is 6.61 Å². The summed E-state index contributed by atoms with van der Waals surface area (Å²) in [6.07, 6.45) is 0. The highest BCUT2D eigenvalue weighted by atomic mass is 79.9. The van der Waals surface area contributed by atoms with Crippen LogP contribution in [-0.2, 0) is 4.79 Å². The van der Waals surface area contributed by atoms with Crippen LogP contribution in [0.4, 0.5) is 0 Å². The van der Waals surface area contributed by atoms with Crippen LogP contribution in [0.25, 0.3) is 0 Å². The number of hydrogen-bond donors (Lipinski definition) is 1. The van der Waals surface area contributed by atoms with Gasteiger partial charge in [0.1, 0.15) is 5.75 Å². The predicted octanol–water partition coefficient (Wildman–Crippen LogP) is 4.63. The molecule has 0 radical (unpaired) electrons. The van der Waals surface area contributed by atoms with Crippen molar-refractivity contribution in [1.29, 1.82) is 0 Å². The number of hydrogen-bond acceptors (Lipinski definition) is 2. The Kier molecular flexibility index (Phi) is 5.83. The van der Waals surface area contributed by atoms with Gasteiger partial charge in [0, 0.05) is 4.47 Å². The highest BCUT2D eigenvalue weighted by Gasteiger charge is 2.13. The number of benzene rings is 2. The fourth-order valence-corrected chi connectivity index (χ4v) is 2.75. The van der Waals surface area contributed by atoms with Crippen LogP contribution < -0.4 is 10.1 Å². The molecule has 2 aromatic rings. The number of carbonyl (C=O) groups excluding carboxylic acids is 1. The molecule has 4 heteroatoms. The molecule has 0 spiro atoms. The number of nitrogens with one attached hydrogen (secondary N) is 1. The van der Waals surface area contributed by atoms with E-state index in [1.54, 1.807) is 0 Å². The second-order valence-corrected chi connectivity index (χ2v) is 6.74. The van der Waals surface area contributed by atoms with Gasteiger partial charge in [0.05, 0.1) is 6.04 Å². The Balaban J connectivity index is 1.94. The molecule has 1 atom stereocenters. The summed E-state index contributed by atoms with van der Waals surface area (Å²) in [5.41, 5.74) is 4.83. The largest absolute Gasteiger partial charge is 0.484 e. The number of halogens is 1. The summed E-state index contributed by atoms with van der Waals surface area (Å²) in [6.45, 7) is 8.26. The first-order valence-corrected chi connectivity index (χ1v) is 8.41. The fourth-order valence-electron chi connectivity index (χ4n) is 2.49. The van der Waals surface area contributed by atoms with Crippen LogP contribution in [0.1, 0.15) is 35.2 Å². The first-order chi connectivity index (χ1) is 10.9. The van der Waals surface area contributed by atoms with Crippen LogP contribution in [-0.4, -0.2) is 12.5 Å². The first-order valence-electron chi connectivity index (χ1n) is 7.62. The summed E-state index contributed by atoms with van der Waals surface area (Å²) in [5, 5.41) is 2.99. The average molecular weight is 376 g/mol. The van der Waals surface area contributed by atoms with Crippen LogP contribution in [0.3, 0.4) is 0 Å². The maximum absolute atomic E-state index is 12.1. The molecule has 0 aliphatic rings. The minimum absolute atomic E-state index is 0.00979. The maximum atomic E-state index is 12.1. The second kappa shape index (κ2) is 7.64. The lowest BCUT2D eigenvalue weighted by atomic mass is 9.96. The summed E-state index contributed by atoms with van der Waals surface area (Å²) >= 11 is 3.37. The zero-order chi connectivity index (χ0) is 17.0. The van der Waals surface area contributed by atoms with Crippen molar-refractivity contribution in [2.45, 2.75) is 33.7 Å². The summed E-state index contributed by atoms with van der Waals surface area (Å²) in [5.74, 6) is 0.552. The predicted molar refractivity (Wildman–Crippen MR) is 96.8 cm³/mol. The van der Waals surface area contributed by atoms with Crippen molar-refractivity contribution in [3.05, 3.63) is 63.1 Å². The van der Waals surface area contributed by atoms with Crippen LogP contribution >= 0.6 is 15.9 Å². The molecule has 0 aromatic heterocycles. The molecule has 1 N–H and O–H groups in total. The van der Waals surface area contributed by atoms with Crippen LogP contribution in [0.5, 0.6) is 5.75 Å². The van der Waals surface area contributed by atoms with Gasteiger partial charge >= 0.3 is 0 Å². The molecule has 1 amide bonds. The van der Waals surface area contributed by atoms with Crippen molar-refractivity contribution in [3.8, 4) is 5.75 Å². The van der Waals surface area contributed by atoms with E-state index in [1.807, 2.05) is 31.2 Å². The zero-order valence-corrected chi connectivity index (χ0v) is 15.5. The van der Waals surface area contributed by atoms with E-state index < -0.39 is 0 Å². The van der Waals surface area contributed by atoms with Crippen molar-refractivity contribution in [2.24, 2.45) is 0 Å². The van der Waals surface area contributed by atoms with E-state index in [4.69, 9.17) is 4.74 Å². The van der Waals surface area contributed by atoms with Gasteiger partial charge in [-0.2, -0.15) is 0 Å². The van der Waals surface area contributed by atoms with Crippen LogP contribution in [0.2, 0.25) is 0 Å². The number of ether oxygens (including phenoxy) is 1. The van der Waals surface area contributed by atoms with E-state index >= 15 is 0 Å². The zero-order valence-electron chi connectivity index (χ0n) is 13.9. The van der Waals surface area contributed by atoms with Crippen molar-refractivity contribution < 1.29 is 9.53 Å². The maximum Gasteiger partial charge on any atom is 0.258 e. The topological polar surface area (TPSA) is 38.3 Å². The van der Waals surface area contributed by atoms with Crippen molar-refractivity contribution in [2.75, 3.05) is 6.61 Å². The molecule has 0 aliphatic carbocycles. The molecule has 3 nitrogen and oxygen atoms in total. The van der Waals surface area contributed by atoms with Gasteiger partial charge in [-0.05, 0) is 74.2 Å². The van der Waals surface area contributed by atoms with Gasteiger partial charge in [-0.1, -0.05) is 28.1 Å². The minimum Gasteiger partial charge on any atom is -0.484 e. The van der Waals surface area contributed by atoms with E-state index in [0.29, 0.717) is 5.75 Å². The van der Waals surface area contributed by atoms with E-state index in [9.17, 15) is 4.79 Å². The summed E-state index contributed by atoms with van der Waals surface area (Å²) in [4.78, 5) is 12.1. The molecule has 0 saturated carbocycles. The monoisotopic (exact) mass is 375 g/mol. The average Bonchev–Trinajstić information content (AvgIpc) is 2.50. The highest BCUT2D eigenvalue weighted by Crippen LogP contribution is 2.21. The smallest absolute Gasteiger partial charge is 0.258 e. The normalized spacial score (nSPS) is 11.9. The molecule has 2 rings (SSSR count). The van der Waals surface area contributed by atoms with E-state index in [2.05, 4.69) is 54.2 Å². The second-order valence-electron chi connectivity index (χ2n) is 5.82. The molecular weight excluding hydrogens is 354 g/mol. The van der Waals surface area contributed by atoms with Gasteiger partial charge in [-0.3, -0.25) is 4.79 Å². The SMILES string of the molecule is Cc1cc(C)c(C(C)NC(=O)COc2ccc(Br)cc2)cc1C. The minimum atomic E-state index is -0.127. The lowest BCUT2D eigenvalue weighted by Gasteiger charge is -2.18. The fraction of sp³-hybridized carbons (Fsp3) is 0.316. The Hall–Kier alpha value is -1.81. The Bertz CT molecular complexity index is 695. The molecule has 1 unspecified atom stereocenters. The van der Waals surface area contributed by atoms with Crippen molar-refractivity contribution in [3.63, 3.8) is 0 Å². The van der Waals surface area contributed by atoms with Crippen LogP contribution in [0.15, 0.2) is 40.9 Å². The lowest BCUT2D eigenvalue weighted by molar-refractivity contribution is -0.123. The van der Waals surface area contributed by atoms with Gasteiger partial charge in [0.25, 0.3) is 5.91 Å². The summed E-state index contributed by atoms with van der Waals surface area (Å²) in [6, 6.07) is 11.7. The number of amides is 1. The lowest BCUT2D eigenvalue weighted by Crippen LogP contribution is -2.31. The highest BCUT2D eigenvalue weighted by molar-refractivity contribution is 9.10. The molecule has 23 heavy (non-hydrogen) atoms. The third kappa shape index (κ3) is 4.83. The van der Waals surface area contributed by atoms with E-state index in [0.717, 1.165) is 10.0 Å². The number of carbonyl (C=O) groups is 1. The van der Waals surface area contributed by atoms with Gasteiger partial charge in [-0.25, -0.2) is 0 Å². The quantitative estimate of drug-likeness (QED) is 0.826. The van der Waals surface area contributed by atoms with Gasteiger partial charge in [0.2, 0.25) is 0 Å². The summed E-state index contributed by atoms with van der Waals surface area (Å²) in [7, 11) is 0. The number of rotatable bonds is 5. The third-order valence-electron chi connectivity index (χ3n) is 3.91. The molecule has 0 fully saturated rings. The Labute approximate surface area is 146 Å². The molecular formula is C19H22BrNO2. The Morgan fingerprint density at radius 3 is 2.35 bits per heavy atom. The first kappa shape index (κ1) is 17.5. The Morgan fingerprint density at radius 1 is 1.09 bits per heavy atom. The van der Waals surface area contributed by atoms with Crippen molar-refractivity contribution in [1.82, 2.24) is 5.32 Å². The van der Waals surface area contributed by atoms with Crippen LogP contribution in [0, 0.1) is 20.8 Å². The third-order valence-corrected chi connectivity index (χ3v) is 4.44. The molecule has 0 heterocycles. The standard InChI is InChI=1S/C19H22BrNO2/c1-12-9-14(3)18(10-13(12)2)15(4)21-19(22)11-23-17-7-5-16(20)6-8-17/h5-10,15H,11H2,1-4H3,(H,21,22). The van der Waals surface area contributed by atoms with Gasteiger partial charge < -0.3 is 10.1 Å². The van der Waals surface area contributed by atoms with Gasteiger partial charge in [-0.15, -0.1) is 0 Å². The summed E-state index contributed by atoms with van der Waals surface area (Å²) < 4.78 is 6.48.